The molecule has 0 amide bonds. The minimum absolute atomic E-state index is 0.0302. The molecule has 0 radical (unpaired) electrons. The number of hydrogen-bond acceptors (Lipinski definition) is 6. The fourth-order valence-electron chi connectivity index (χ4n) is 4.92. The highest BCUT2D eigenvalue weighted by Gasteiger charge is 2.71. The van der Waals surface area contributed by atoms with Crippen molar-refractivity contribution in [2.75, 3.05) is 0 Å². The highest BCUT2D eigenvalue weighted by Crippen LogP contribution is 2.61. The largest absolute Gasteiger partial charge is 0.461 e. The van der Waals surface area contributed by atoms with E-state index in [9.17, 15) is 14.4 Å². The monoisotopic (exact) mass is 352 g/mol. The van der Waals surface area contributed by atoms with Crippen molar-refractivity contribution < 1.29 is 28.6 Å². The first kappa shape index (κ1) is 18.2. The van der Waals surface area contributed by atoms with E-state index < -0.39 is 17.1 Å². The van der Waals surface area contributed by atoms with E-state index in [4.69, 9.17) is 14.2 Å². The molecule has 3 rings (SSSR count). The van der Waals surface area contributed by atoms with Crippen LogP contribution in [-0.2, 0) is 28.6 Å². The molecule has 0 N–H and O–H groups in total. The summed E-state index contributed by atoms with van der Waals surface area (Å²) in [7, 11) is 0. The van der Waals surface area contributed by atoms with E-state index in [1.807, 2.05) is 34.6 Å². The molecule has 0 aromatic rings. The average molecular weight is 352 g/mol. The molecule has 1 aliphatic heterocycles. The molecule has 0 aromatic heterocycles. The van der Waals surface area contributed by atoms with Gasteiger partial charge in [-0.1, -0.05) is 6.92 Å². The highest BCUT2D eigenvalue weighted by atomic mass is 16.6. The van der Waals surface area contributed by atoms with Crippen LogP contribution in [-0.4, -0.2) is 35.7 Å². The van der Waals surface area contributed by atoms with Gasteiger partial charge in [-0.05, 0) is 40.5 Å². The highest BCUT2D eigenvalue weighted by molar-refractivity contribution is 5.80. The summed E-state index contributed by atoms with van der Waals surface area (Å²) in [5.41, 5.74) is -1.37. The Hall–Kier alpha value is -1.59. The molecular formula is C19H28O6. The molecule has 2 saturated carbocycles. The summed E-state index contributed by atoms with van der Waals surface area (Å²) in [4.78, 5) is 36.5. The predicted octanol–water partition coefficient (Wildman–Crippen LogP) is 2.48. The van der Waals surface area contributed by atoms with E-state index in [2.05, 4.69) is 0 Å². The smallest absolute Gasteiger partial charge is 0.313 e. The Balaban J connectivity index is 1.87. The van der Waals surface area contributed by atoms with Crippen LogP contribution in [0.25, 0.3) is 0 Å². The lowest BCUT2D eigenvalue weighted by atomic mass is 9.72. The maximum Gasteiger partial charge on any atom is 0.313 e. The number of rotatable bonds is 5. The lowest BCUT2D eigenvalue weighted by molar-refractivity contribution is -0.178. The van der Waals surface area contributed by atoms with Gasteiger partial charge in [0.2, 0.25) is 0 Å². The maximum atomic E-state index is 12.6. The van der Waals surface area contributed by atoms with Gasteiger partial charge in [0, 0.05) is 24.7 Å². The summed E-state index contributed by atoms with van der Waals surface area (Å²) in [6.45, 7) is 10.7. The molecule has 3 fully saturated rings. The second-order valence-electron chi connectivity index (χ2n) is 8.82. The zero-order valence-electron chi connectivity index (χ0n) is 15.8. The Morgan fingerprint density at radius 2 is 1.84 bits per heavy atom. The Morgan fingerprint density at radius 3 is 2.40 bits per heavy atom. The summed E-state index contributed by atoms with van der Waals surface area (Å²) >= 11 is 0. The number of fused-ring (bicyclic) bond motifs is 1. The molecule has 0 spiro atoms. The summed E-state index contributed by atoms with van der Waals surface area (Å²) in [5, 5.41) is 0. The Bertz CT molecular complexity index is 607. The minimum atomic E-state index is -0.781. The molecule has 6 nitrogen and oxygen atoms in total. The van der Waals surface area contributed by atoms with E-state index >= 15 is 0 Å². The number of hydrogen-bond donors (Lipinski definition) is 0. The van der Waals surface area contributed by atoms with Gasteiger partial charge in [-0.2, -0.15) is 0 Å². The van der Waals surface area contributed by atoms with Crippen molar-refractivity contribution in [3.63, 3.8) is 0 Å². The second-order valence-corrected chi connectivity index (χ2v) is 8.82. The van der Waals surface area contributed by atoms with E-state index in [0.717, 1.165) is 6.42 Å². The van der Waals surface area contributed by atoms with Gasteiger partial charge in [0.05, 0.1) is 5.41 Å². The number of carbonyl (C=O) groups excluding carboxylic acids is 3. The standard InChI is InChI=1S/C19H28O6/c1-7-18(3,4)17(22)24-14-11-8-10-12(14)16(21)23-15(10)13(11)19(5,6)25-9(2)20/h10-15H,7-8H2,1-6H3. The van der Waals surface area contributed by atoms with Gasteiger partial charge in [0.25, 0.3) is 0 Å². The van der Waals surface area contributed by atoms with Crippen LogP contribution in [0.5, 0.6) is 0 Å². The lowest BCUT2D eigenvalue weighted by Gasteiger charge is -2.41. The topological polar surface area (TPSA) is 78.9 Å². The van der Waals surface area contributed by atoms with Gasteiger partial charge in [0.15, 0.2) is 0 Å². The van der Waals surface area contributed by atoms with Crippen molar-refractivity contribution in [1.82, 2.24) is 0 Å². The van der Waals surface area contributed by atoms with Crippen molar-refractivity contribution in [3.8, 4) is 0 Å². The van der Waals surface area contributed by atoms with E-state index in [1.165, 1.54) is 6.92 Å². The molecule has 3 aliphatic rings. The molecule has 6 heteroatoms. The number of ether oxygens (including phenoxy) is 3. The Labute approximate surface area is 148 Å². The van der Waals surface area contributed by atoms with Gasteiger partial charge in [-0.3, -0.25) is 14.4 Å². The quantitative estimate of drug-likeness (QED) is 0.559. The van der Waals surface area contributed by atoms with Crippen LogP contribution in [0.2, 0.25) is 0 Å². The molecule has 0 aromatic carbocycles. The van der Waals surface area contributed by atoms with E-state index in [-0.39, 0.29) is 47.7 Å². The van der Waals surface area contributed by atoms with Crippen LogP contribution >= 0.6 is 0 Å². The Morgan fingerprint density at radius 1 is 1.20 bits per heavy atom. The zero-order valence-corrected chi connectivity index (χ0v) is 15.8. The second kappa shape index (κ2) is 5.71. The van der Waals surface area contributed by atoms with Crippen molar-refractivity contribution >= 4 is 17.9 Å². The van der Waals surface area contributed by atoms with Crippen LogP contribution in [0.1, 0.15) is 54.4 Å². The normalized spacial score (nSPS) is 36.3. The first-order chi connectivity index (χ1) is 11.5. The summed E-state index contributed by atoms with van der Waals surface area (Å²) < 4.78 is 17.0. The first-order valence-electron chi connectivity index (χ1n) is 9.10. The first-order valence-corrected chi connectivity index (χ1v) is 9.10. The van der Waals surface area contributed by atoms with Crippen LogP contribution in [0.15, 0.2) is 0 Å². The number of carbonyl (C=O) groups is 3. The molecule has 25 heavy (non-hydrogen) atoms. The van der Waals surface area contributed by atoms with E-state index in [0.29, 0.717) is 6.42 Å². The molecule has 2 bridgehead atoms. The van der Waals surface area contributed by atoms with Crippen molar-refractivity contribution in [3.05, 3.63) is 0 Å². The lowest BCUT2D eigenvalue weighted by Crippen LogP contribution is -2.50. The molecular weight excluding hydrogens is 324 g/mol. The van der Waals surface area contributed by atoms with Crippen LogP contribution in [0.4, 0.5) is 0 Å². The summed E-state index contributed by atoms with van der Waals surface area (Å²) in [6.07, 6.45) is 0.675. The van der Waals surface area contributed by atoms with Crippen molar-refractivity contribution in [1.29, 1.82) is 0 Å². The van der Waals surface area contributed by atoms with Gasteiger partial charge in [-0.25, -0.2) is 0 Å². The van der Waals surface area contributed by atoms with E-state index in [1.54, 1.807) is 0 Å². The van der Waals surface area contributed by atoms with Gasteiger partial charge < -0.3 is 14.2 Å². The Kier molecular flexibility index (Phi) is 4.16. The minimum Gasteiger partial charge on any atom is -0.461 e. The molecule has 1 heterocycles. The molecule has 6 unspecified atom stereocenters. The predicted molar refractivity (Wildman–Crippen MR) is 88.3 cm³/mol. The van der Waals surface area contributed by atoms with Crippen LogP contribution in [0, 0.1) is 29.1 Å². The molecule has 6 atom stereocenters. The van der Waals surface area contributed by atoms with Crippen LogP contribution < -0.4 is 0 Å². The fraction of sp³-hybridized carbons (Fsp3) is 0.842. The molecule has 1 saturated heterocycles. The number of esters is 3. The third-order valence-corrected chi connectivity index (χ3v) is 6.43. The fourth-order valence-corrected chi connectivity index (χ4v) is 4.92. The summed E-state index contributed by atoms with van der Waals surface area (Å²) in [6, 6.07) is 0. The van der Waals surface area contributed by atoms with Crippen LogP contribution in [0.3, 0.4) is 0 Å². The molecule has 140 valence electrons. The molecule has 2 aliphatic carbocycles. The van der Waals surface area contributed by atoms with Crippen molar-refractivity contribution in [2.24, 2.45) is 29.1 Å². The van der Waals surface area contributed by atoms with Gasteiger partial charge in [0.1, 0.15) is 23.7 Å². The zero-order chi connectivity index (χ0) is 18.7. The summed E-state index contributed by atoms with van der Waals surface area (Å²) in [5.74, 6) is -1.47. The average Bonchev–Trinajstić information content (AvgIpc) is 3.07. The third-order valence-electron chi connectivity index (χ3n) is 6.43. The van der Waals surface area contributed by atoms with Crippen molar-refractivity contribution in [2.45, 2.75) is 72.2 Å². The third kappa shape index (κ3) is 2.74. The SMILES string of the molecule is CCC(C)(C)C(=O)OC1C2CC3C(OC(=O)C31)C2C(C)(C)OC(C)=O. The van der Waals surface area contributed by atoms with Gasteiger partial charge >= 0.3 is 17.9 Å². The van der Waals surface area contributed by atoms with Gasteiger partial charge in [-0.15, -0.1) is 0 Å². The maximum absolute atomic E-state index is 12.6.